The van der Waals surface area contributed by atoms with Gasteiger partial charge in [0.05, 0.1) is 10.7 Å². The first-order valence-electron chi connectivity index (χ1n) is 6.08. The molecule has 0 aromatic heterocycles. The highest BCUT2D eigenvalue weighted by Gasteiger charge is 2.10. The Morgan fingerprint density at radius 3 is 2.50 bits per heavy atom. The summed E-state index contributed by atoms with van der Waals surface area (Å²) >= 11 is 9.54. The first-order valence-corrected chi connectivity index (χ1v) is 7.26. The van der Waals surface area contributed by atoms with E-state index in [0.29, 0.717) is 16.3 Å². The molecular weight excluding hydrogens is 340 g/mol. The van der Waals surface area contributed by atoms with Crippen molar-refractivity contribution in [3.8, 4) is 0 Å². The van der Waals surface area contributed by atoms with Crippen molar-refractivity contribution in [2.75, 3.05) is 5.32 Å². The monoisotopic (exact) mass is 352 g/mol. The van der Waals surface area contributed by atoms with Gasteiger partial charge in [-0.15, -0.1) is 0 Å². The van der Waals surface area contributed by atoms with Crippen LogP contribution in [-0.2, 0) is 0 Å². The lowest BCUT2D eigenvalue weighted by molar-refractivity contribution is 0.100. The topological polar surface area (TPSA) is 55.1 Å². The van der Waals surface area contributed by atoms with Gasteiger partial charge in [0.25, 0.3) is 0 Å². The zero-order chi connectivity index (χ0) is 14.7. The van der Waals surface area contributed by atoms with Crippen LogP contribution in [0.1, 0.15) is 28.9 Å². The highest BCUT2D eigenvalue weighted by Crippen LogP contribution is 2.27. The third kappa shape index (κ3) is 3.52. The largest absolute Gasteiger partial charge is 0.377 e. The summed E-state index contributed by atoms with van der Waals surface area (Å²) in [6.45, 7) is 2.02. The van der Waals surface area contributed by atoms with Crippen LogP contribution in [-0.4, -0.2) is 5.91 Å². The summed E-state index contributed by atoms with van der Waals surface area (Å²) in [6.07, 6.45) is 0. The molecular formula is C15H14BrClN2O. The van der Waals surface area contributed by atoms with Gasteiger partial charge < -0.3 is 11.1 Å². The number of amides is 1. The van der Waals surface area contributed by atoms with Crippen LogP contribution in [0.5, 0.6) is 0 Å². The van der Waals surface area contributed by atoms with Crippen LogP contribution in [0.15, 0.2) is 46.9 Å². The second kappa shape index (κ2) is 6.29. The minimum absolute atomic E-state index is 0.0590. The molecule has 0 bridgehead atoms. The summed E-state index contributed by atoms with van der Waals surface area (Å²) < 4.78 is 1.03. The zero-order valence-corrected chi connectivity index (χ0v) is 13.2. The molecule has 0 spiro atoms. The van der Waals surface area contributed by atoms with Gasteiger partial charge in [0, 0.05) is 16.1 Å². The molecule has 104 valence electrons. The lowest BCUT2D eigenvalue weighted by Gasteiger charge is -2.17. The van der Waals surface area contributed by atoms with Crippen LogP contribution >= 0.6 is 27.5 Å². The van der Waals surface area contributed by atoms with Crippen molar-refractivity contribution < 1.29 is 4.79 Å². The predicted molar refractivity (Wildman–Crippen MR) is 86.1 cm³/mol. The molecule has 1 atom stereocenters. The first-order chi connectivity index (χ1) is 9.47. The molecule has 0 fully saturated rings. The standard InChI is InChI=1S/C15H14BrClN2O/c1-9(10-2-5-12(16)6-3-10)19-14-8-11(15(18)20)4-7-13(14)17/h2-9,19H,1H3,(H2,18,20). The molecule has 0 saturated heterocycles. The fourth-order valence-corrected chi connectivity index (χ4v) is 2.29. The Hall–Kier alpha value is -1.52. The summed E-state index contributed by atoms with van der Waals surface area (Å²) in [7, 11) is 0. The SMILES string of the molecule is CC(Nc1cc(C(N)=O)ccc1Cl)c1ccc(Br)cc1. The van der Waals surface area contributed by atoms with Crippen LogP contribution in [0.25, 0.3) is 0 Å². The van der Waals surface area contributed by atoms with Gasteiger partial charge in [0.1, 0.15) is 0 Å². The van der Waals surface area contributed by atoms with Crippen molar-refractivity contribution in [3.63, 3.8) is 0 Å². The Labute approximate surface area is 131 Å². The number of benzene rings is 2. The van der Waals surface area contributed by atoms with E-state index in [4.69, 9.17) is 17.3 Å². The number of rotatable bonds is 4. The number of hydrogen-bond acceptors (Lipinski definition) is 2. The van der Waals surface area contributed by atoms with Gasteiger partial charge in [-0.3, -0.25) is 4.79 Å². The molecule has 1 unspecified atom stereocenters. The van der Waals surface area contributed by atoms with Crippen LogP contribution < -0.4 is 11.1 Å². The smallest absolute Gasteiger partial charge is 0.248 e. The zero-order valence-electron chi connectivity index (χ0n) is 10.9. The van der Waals surface area contributed by atoms with E-state index in [-0.39, 0.29) is 6.04 Å². The maximum Gasteiger partial charge on any atom is 0.248 e. The van der Waals surface area contributed by atoms with E-state index < -0.39 is 5.91 Å². The number of primary amides is 1. The van der Waals surface area contributed by atoms with Crippen molar-refractivity contribution in [1.82, 2.24) is 0 Å². The van der Waals surface area contributed by atoms with Crippen molar-refractivity contribution in [3.05, 3.63) is 63.1 Å². The van der Waals surface area contributed by atoms with Gasteiger partial charge in [0.15, 0.2) is 0 Å². The molecule has 0 radical (unpaired) electrons. The van der Waals surface area contributed by atoms with Gasteiger partial charge in [-0.2, -0.15) is 0 Å². The average molecular weight is 354 g/mol. The molecule has 3 N–H and O–H groups in total. The van der Waals surface area contributed by atoms with Gasteiger partial charge in [-0.05, 0) is 42.8 Å². The molecule has 1 amide bonds. The van der Waals surface area contributed by atoms with Crippen LogP contribution in [0, 0.1) is 0 Å². The van der Waals surface area contributed by atoms with E-state index in [2.05, 4.69) is 21.2 Å². The lowest BCUT2D eigenvalue weighted by Crippen LogP contribution is -2.12. The van der Waals surface area contributed by atoms with Crippen molar-refractivity contribution in [2.45, 2.75) is 13.0 Å². The normalized spacial score (nSPS) is 11.9. The third-order valence-electron chi connectivity index (χ3n) is 2.99. The molecule has 2 aromatic carbocycles. The van der Waals surface area contributed by atoms with Gasteiger partial charge in [-0.1, -0.05) is 39.7 Å². The molecule has 0 heterocycles. The van der Waals surface area contributed by atoms with E-state index in [1.807, 2.05) is 31.2 Å². The molecule has 3 nitrogen and oxygen atoms in total. The van der Waals surface area contributed by atoms with E-state index in [9.17, 15) is 4.79 Å². The third-order valence-corrected chi connectivity index (χ3v) is 3.85. The number of anilines is 1. The van der Waals surface area contributed by atoms with Gasteiger partial charge >= 0.3 is 0 Å². The van der Waals surface area contributed by atoms with E-state index in [1.165, 1.54) is 0 Å². The Balaban J connectivity index is 2.22. The van der Waals surface area contributed by atoms with Crippen LogP contribution in [0.2, 0.25) is 5.02 Å². The Kier molecular flexibility index (Phi) is 4.68. The summed E-state index contributed by atoms with van der Waals surface area (Å²) in [4.78, 5) is 11.2. The van der Waals surface area contributed by atoms with Crippen LogP contribution in [0.4, 0.5) is 5.69 Å². The molecule has 0 aliphatic carbocycles. The highest BCUT2D eigenvalue weighted by atomic mass is 79.9. The second-order valence-corrected chi connectivity index (χ2v) is 5.80. The fraction of sp³-hybridized carbons (Fsp3) is 0.133. The molecule has 0 saturated carbocycles. The number of nitrogens with one attached hydrogen (secondary N) is 1. The maximum atomic E-state index is 11.2. The Bertz CT molecular complexity index is 628. The molecule has 0 aliphatic heterocycles. The first kappa shape index (κ1) is 14.9. The number of halogens is 2. The number of hydrogen-bond donors (Lipinski definition) is 2. The molecule has 2 aromatic rings. The van der Waals surface area contributed by atoms with Crippen LogP contribution in [0.3, 0.4) is 0 Å². The minimum atomic E-state index is -0.471. The second-order valence-electron chi connectivity index (χ2n) is 4.48. The molecule has 2 rings (SSSR count). The van der Waals surface area contributed by atoms with Crippen molar-refractivity contribution in [2.24, 2.45) is 5.73 Å². The Morgan fingerprint density at radius 2 is 1.90 bits per heavy atom. The number of nitrogens with two attached hydrogens (primary N) is 1. The summed E-state index contributed by atoms with van der Waals surface area (Å²) in [5, 5.41) is 3.84. The van der Waals surface area contributed by atoms with Crippen molar-refractivity contribution in [1.29, 1.82) is 0 Å². The quantitative estimate of drug-likeness (QED) is 0.857. The summed E-state index contributed by atoms with van der Waals surface area (Å²) in [5.41, 5.74) is 7.52. The summed E-state index contributed by atoms with van der Waals surface area (Å²) in [6, 6.07) is 13.0. The van der Waals surface area contributed by atoms with Gasteiger partial charge in [-0.25, -0.2) is 0 Å². The minimum Gasteiger partial charge on any atom is -0.377 e. The molecule has 0 aliphatic rings. The van der Waals surface area contributed by atoms with Gasteiger partial charge in [0.2, 0.25) is 5.91 Å². The maximum absolute atomic E-state index is 11.2. The van der Waals surface area contributed by atoms with E-state index in [1.54, 1.807) is 18.2 Å². The Morgan fingerprint density at radius 1 is 1.25 bits per heavy atom. The number of carbonyl (C=O) groups is 1. The predicted octanol–water partition coefficient (Wildman–Crippen LogP) is 4.37. The average Bonchev–Trinajstić information content (AvgIpc) is 2.41. The molecule has 5 heteroatoms. The van der Waals surface area contributed by atoms with E-state index in [0.717, 1.165) is 10.0 Å². The molecule has 20 heavy (non-hydrogen) atoms. The summed E-state index contributed by atoms with van der Waals surface area (Å²) in [5.74, 6) is -0.471. The van der Waals surface area contributed by atoms with Crippen molar-refractivity contribution >= 4 is 39.1 Å². The lowest BCUT2D eigenvalue weighted by atomic mass is 10.1. The number of carbonyl (C=O) groups excluding carboxylic acids is 1. The highest BCUT2D eigenvalue weighted by molar-refractivity contribution is 9.10. The fourth-order valence-electron chi connectivity index (χ4n) is 1.86. The van der Waals surface area contributed by atoms with E-state index >= 15 is 0 Å².